The van der Waals surface area contributed by atoms with Gasteiger partial charge in [0, 0.05) is 37.1 Å². The van der Waals surface area contributed by atoms with E-state index in [0.29, 0.717) is 18.0 Å². The Labute approximate surface area is 128 Å². The lowest BCUT2D eigenvalue weighted by molar-refractivity contribution is 0.244. The van der Waals surface area contributed by atoms with E-state index in [0.717, 1.165) is 34.6 Å². The first-order chi connectivity index (χ1) is 10.5. The van der Waals surface area contributed by atoms with Gasteiger partial charge in [0.05, 0.1) is 11.3 Å². The first-order valence-corrected chi connectivity index (χ1v) is 7.49. The third kappa shape index (κ3) is 1.70. The smallest absolute Gasteiger partial charge is 0.165 e. The van der Waals surface area contributed by atoms with Crippen LogP contribution >= 0.6 is 0 Å². The lowest BCUT2D eigenvalue weighted by Crippen LogP contribution is -2.07. The van der Waals surface area contributed by atoms with Crippen molar-refractivity contribution in [1.29, 1.82) is 0 Å². The quantitative estimate of drug-likeness (QED) is 0.842. The number of benzene rings is 1. The molecule has 4 rings (SSSR count). The largest absolute Gasteiger partial charge is 0.504 e. The van der Waals surface area contributed by atoms with Gasteiger partial charge in [0.25, 0.3) is 0 Å². The minimum atomic E-state index is 0.0284. The summed E-state index contributed by atoms with van der Waals surface area (Å²) in [5.74, 6) is 2.10. The monoisotopic (exact) mass is 301 g/mol. The number of aromatic hydroxyl groups is 1. The maximum Gasteiger partial charge on any atom is 0.165 e. The summed E-state index contributed by atoms with van der Waals surface area (Å²) in [4.78, 5) is 0. The molecule has 116 valence electrons. The summed E-state index contributed by atoms with van der Waals surface area (Å²) in [6.45, 7) is 3.98. The predicted molar refractivity (Wildman–Crippen MR) is 82.3 cm³/mol. The van der Waals surface area contributed by atoms with Crippen LogP contribution in [-0.4, -0.2) is 27.1 Å². The highest BCUT2D eigenvalue weighted by atomic mass is 16.5. The molecule has 3 N–H and O–H groups in total. The Bertz CT molecular complexity index is 723. The zero-order chi connectivity index (χ0) is 15.6. The molecule has 0 saturated heterocycles. The average Bonchev–Trinajstić information content (AvgIpc) is 3.10. The maximum absolute atomic E-state index is 10.5. The summed E-state index contributed by atoms with van der Waals surface area (Å²) in [5, 5.41) is 15.0. The molecular formula is C16H19N3O3. The van der Waals surface area contributed by atoms with Crippen molar-refractivity contribution in [3.8, 4) is 28.5 Å². The van der Waals surface area contributed by atoms with Gasteiger partial charge < -0.3 is 20.3 Å². The van der Waals surface area contributed by atoms with Crippen LogP contribution in [0, 0.1) is 0 Å². The number of nitrogens with zero attached hydrogens (tertiary/aromatic N) is 2. The number of phenolic OH excluding ortho intramolecular Hbond substituents is 1. The molecule has 2 atom stereocenters. The molecular weight excluding hydrogens is 282 g/mol. The van der Waals surface area contributed by atoms with E-state index in [1.165, 1.54) is 0 Å². The first-order valence-electron chi connectivity index (χ1n) is 7.49. The number of nitrogen functional groups attached to an aromatic ring is 1. The van der Waals surface area contributed by atoms with Crippen molar-refractivity contribution in [2.75, 3.05) is 5.73 Å². The molecule has 0 bridgehead atoms. The number of hydrogen-bond donors (Lipinski definition) is 2. The zero-order valence-corrected chi connectivity index (χ0v) is 12.9. The molecule has 2 aromatic rings. The summed E-state index contributed by atoms with van der Waals surface area (Å²) in [6.07, 6.45) is 1.45. The zero-order valence-electron chi connectivity index (χ0n) is 12.9. The van der Waals surface area contributed by atoms with E-state index in [9.17, 15) is 5.11 Å². The summed E-state index contributed by atoms with van der Waals surface area (Å²) in [6, 6.07) is 1.84. The van der Waals surface area contributed by atoms with E-state index in [2.05, 4.69) is 5.10 Å². The summed E-state index contributed by atoms with van der Waals surface area (Å²) in [7, 11) is 1.81. The number of phenols is 1. The van der Waals surface area contributed by atoms with E-state index in [-0.39, 0.29) is 18.0 Å². The van der Waals surface area contributed by atoms with Crippen molar-refractivity contribution in [2.24, 2.45) is 7.05 Å². The lowest BCUT2D eigenvalue weighted by atomic mass is 9.95. The normalized spacial score (nSPS) is 22.1. The minimum Gasteiger partial charge on any atom is -0.504 e. The standard InChI is InChI=1S/C16H19N3O3/c1-7-4-9-13(11-6-12(17)19(3)18-11)15-10(5-8(2)21-15)14(20)16(9)22-7/h6-8,20H,4-5,17H2,1-3H3. The highest BCUT2D eigenvalue weighted by molar-refractivity contribution is 5.82. The molecule has 2 aliphatic rings. The van der Waals surface area contributed by atoms with E-state index in [1.54, 1.807) is 4.68 Å². The molecule has 0 amide bonds. The van der Waals surface area contributed by atoms with Crippen molar-refractivity contribution in [3.63, 3.8) is 0 Å². The molecule has 6 heteroatoms. The van der Waals surface area contributed by atoms with Crippen LogP contribution in [0.4, 0.5) is 5.82 Å². The summed E-state index contributed by atoms with van der Waals surface area (Å²) >= 11 is 0. The van der Waals surface area contributed by atoms with Crippen LogP contribution in [0.3, 0.4) is 0 Å². The average molecular weight is 301 g/mol. The lowest BCUT2D eigenvalue weighted by Gasteiger charge is -2.13. The number of anilines is 1. The van der Waals surface area contributed by atoms with Crippen molar-refractivity contribution in [2.45, 2.75) is 38.9 Å². The van der Waals surface area contributed by atoms with Gasteiger partial charge in [-0.3, -0.25) is 4.68 Å². The Balaban J connectivity index is 2.02. The molecule has 0 aliphatic carbocycles. The second-order valence-corrected chi connectivity index (χ2v) is 6.18. The van der Waals surface area contributed by atoms with Gasteiger partial charge in [-0.15, -0.1) is 0 Å². The Hall–Kier alpha value is -2.37. The van der Waals surface area contributed by atoms with Crippen LogP contribution in [0.15, 0.2) is 6.07 Å². The molecule has 1 aromatic carbocycles. The van der Waals surface area contributed by atoms with Gasteiger partial charge >= 0.3 is 0 Å². The Kier molecular flexibility index (Phi) is 2.61. The van der Waals surface area contributed by atoms with Crippen LogP contribution in [0.1, 0.15) is 25.0 Å². The van der Waals surface area contributed by atoms with Gasteiger partial charge in [-0.05, 0) is 13.8 Å². The molecule has 0 spiro atoms. The van der Waals surface area contributed by atoms with Crippen molar-refractivity contribution in [1.82, 2.24) is 9.78 Å². The fourth-order valence-electron chi connectivity index (χ4n) is 3.37. The molecule has 0 saturated carbocycles. The number of nitrogens with two attached hydrogens (primary N) is 1. The predicted octanol–water partition coefficient (Wildman–Crippen LogP) is 2.02. The second kappa shape index (κ2) is 4.32. The van der Waals surface area contributed by atoms with Crippen LogP contribution in [-0.2, 0) is 19.9 Å². The van der Waals surface area contributed by atoms with Crippen LogP contribution in [0.5, 0.6) is 17.2 Å². The first kappa shape index (κ1) is 13.3. The molecule has 0 radical (unpaired) electrons. The van der Waals surface area contributed by atoms with Crippen LogP contribution in [0.2, 0.25) is 0 Å². The highest BCUT2D eigenvalue weighted by Crippen LogP contribution is 2.53. The SMILES string of the molecule is CC1Cc2c(c(O)c3c(c2-c2cc(N)n(C)n2)OC(C)C3)O1. The van der Waals surface area contributed by atoms with Gasteiger partial charge in [-0.1, -0.05) is 0 Å². The number of ether oxygens (including phenoxy) is 2. The molecule has 1 aromatic heterocycles. The third-order valence-corrected chi connectivity index (χ3v) is 4.37. The third-order valence-electron chi connectivity index (χ3n) is 4.37. The van der Waals surface area contributed by atoms with Crippen molar-refractivity contribution in [3.05, 3.63) is 17.2 Å². The van der Waals surface area contributed by atoms with Gasteiger partial charge in [0.15, 0.2) is 11.5 Å². The summed E-state index contributed by atoms with van der Waals surface area (Å²) < 4.78 is 13.4. The topological polar surface area (TPSA) is 82.5 Å². The van der Waals surface area contributed by atoms with Crippen molar-refractivity contribution < 1.29 is 14.6 Å². The number of aryl methyl sites for hydroxylation is 1. The fourth-order valence-corrected chi connectivity index (χ4v) is 3.37. The second-order valence-electron chi connectivity index (χ2n) is 6.18. The van der Waals surface area contributed by atoms with E-state index >= 15 is 0 Å². The van der Waals surface area contributed by atoms with Crippen molar-refractivity contribution >= 4 is 5.82 Å². The minimum absolute atomic E-state index is 0.0284. The molecule has 6 nitrogen and oxygen atoms in total. The van der Waals surface area contributed by atoms with E-state index < -0.39 is 0 Å². The van der Waals surface area contributed by atoms with E-state index in [4.69, 9.17) is 15.2 Å². The Morgan fingerprint density at radius 1 is 1.18 bits per heavy atom. The Morgan fingerprint density at radius 3 is 2.45 bits per heavy atom. The van der Waals surface area contributed by atoms with Gasteiger partial charge in [-0.2, -0.15) is 5.10 Å². The number of rotatable bonds is 1. The highest BCUT2D eigenvalue weighted by Gasteiger charge is 2.37. The number of hydrogen-bond acceptors (Lipinski definition) is 5. The van der Waals surface area contributed by atoms with Crippen LogP contribution < -0.4 is 15.2 Å². The number of fused-ring (bicyclic) bond motifs is 2. The van der Waals surface area contributed by atoms with Gasteiger partial charge in [0.2, 0.25) is 0 Å². The molecule has 2 aliphatic heterocycles. The summed E-state index contributed by atoms with van der Waals surface area (Å²) in [5.41, 5.74) is 9.36. The van der Waals surface area contributed by atoms with Crippen LogP contribution in [0.25, 0.3) is 11.3 Å². The Morgan fingerprint density at radius 2 is 1.82 bits per heavy atom. The number of aromatic nitrogens is 2. The molecule has 2 unspecified atom stereocenters. The maximum atomic E-state index is 10.5. The van der Waals surface area contributed by atoms with Gasteiger partial charge in [-0.25, -0.2) is 0 Å². The molecule has 22 heavy (non-hydrogen) atoms. The van der Waals surface area contributed by atoms with Gasteiger partial charge in [0.1, 0.15) is 23.8 Å². The molecule has 3 heterocycles. The van der Waals surface area contributed by atoms with E-state index in [1.807, 2.05) is 27.0 Å². The fraction of sp³-hybridized carbons (Fsp3) is 0.438. The molecule has 0 fully saturated rings.